The van der Waals surface area contributed by atoms with E-state index in [9.17, 15) is 4.79 Å². The fourth-order valence-corrected chi connectivity index (χ4v) is 1.35. The molecule has 0 aromatic heterocycles. The Kier molecular flexibility index (Phi) is 4.71. The molecule has 0 unspecified atom stereocenters. The van der Waals surface area contributed by atoms with E-state index in [2.05, 4.69) is 5.32 Å². The average molecular weight is 267 g/mol. The molecule has 82 valence electrons. The molecule has 0 aliphatic carbocycles. The van der Waals surface area contributed by atoms with E-state index >= 15 is 0 Å². The fraction of sp³-hybridized carbons (Fsp3) is 0.300. The Morgan fingerprint density at radius 1 is 1.40 bits per heavy atom. The first-order valence-corrected chi connectivity index (χ1v) is 5.60. The lowest BCUT2D eigenvalue weighted by molar-refractivity contribution is -0.115. The summed E-state index contributed by atoms with van der Waals surface area (Å²) in [6.07, 6.45) is 0. The normalized spacial score (nSPS) is 14.4. The van der Waals surface area contributed by atoms with E-state index in [1.807, 2.05) is 0 Å². The van der Waals surface area contributed by atoms with Crippen LogP contribution in [0.15, 0.2) is 24.3 Å². The SMILES string of the molecule is C[C@@H](Cl)[C@@H](Cl)C(=O)Nc1cccc(Cl)c1. The van der Waals surface area contributed by atoms with E-state index in [4.69, 9.17) is 34.8 Å². The van der Waals surface area contributed by atoms with E-state index < -0.39 is 10.8 Å². The van der Waals surface area contributed by atoms with Gasteiger partial charge in [-0.15, -0.1) is 23.2 Å². The summed E-state index contributed by atoms with van der Waals surface area (Å²) in [7, 11) is 0. The molecule has 1 rings (SSSR count). The minimum atomic E-state index is -0.759. The van der Waals surface area contributed by atoms with E-state index in [-0.39, 0.29) is 5.91 Å². The number of alkyl halides is 2. The second-order valence-corrected chi connectivity index (χ2v) is 4.67. The van der Waals surface area contributed by atoms with Crippen molar-refractivity contribution in [2.24, 2.45) is 0 Å². The van der Waals surface area contributed by atoms with Gasteiger partial charge in [0, 0.05) is 10.7 Å². The van der Waals surface area contributed by atoms with Crippen LogP contribution < -0.4 is 5.32 Å². The Balaban J connectivity index is 2.66. The number of benzene rings is 1. The molecule has 1 N–H and O–H groups in total. The van der Waals surface area contributed by atoms with Gasteiger partial charge >= 0.3 is 0 Å². The summed E-state index contributed by atoms with van der Waals surface area (Å²) < 4.78 is 0. The van der Waals surface area contributed by atoms with Gasteiger partial charge in [0.1, 0.15) is 5.38 Å². The van der Waals surface area contributed by atoms with Crippen molar-refractivity contribution >= 4 is 46.4 Å². The lowest BCUT2D eigenvalue weighted by Crippen LogP contribution is -2.29. The summed E-state index contributed by atoms with van der Waals surface area (Å²) in [4.78, 5) is 11.5. The van der Waals surface area contributed by atoms with Crippen molar-refractivity contribution in [2.45, 2.75) is 17.7 Å². The third kappa shape index (κ3) is 3.90. The van der Waals surface area contributed by atoms with Crippen LogP contribution in [0.5, 0.6) is 0 Å². The highest BCUT2D eigenvalue weighted by molar-refractivity contribution is 6.38. The lowest BCUT2D eigenvalue weighted by atomic mass is 10.2. The van der Waals surface area contributed by atoms with Crippen molar-refractivity contribution in [3.05, 3.63) is 29.3 Å². The van der Waals surface area contributed by atoms with Gasteiger partial charge < -0.3 is 5.32 Å². The highest BCUT2D eigenvalue weighted by Crippen LogP contribution is 2.17. The van der Waals surface area contributed by atoms with Gasteiger partial charge in [0.05, 0.1) is 5.38 Å². The smallest absolute Gasteiger partial charge is 0.243 e. The summed E-state index contributed by atoms with van der Waals surface area (Å²) in [5, 5.41) is 1.99. The predicted octanol–water partition coefficient (Wildman–Crippen LogP) is 3.51. The molecule has 0 bridgehead atoms. The van der Waals surface area contributed by atoms with Crippen molar-refractivity contribution in [2.75, 3.05) is 5.32 Å². The fourth-order valence-electron chi connectivity index (χ4n) is 0.986. The average Bonchev–Trinajstić information content (AvgIpc) is 2.16. The molecular formula is C10H10Cl3NO. The van der Waals surface area contributed by atoms with E-state index in [0.29, 0.717) is 10.7 Å². The summed E-state index contributed by atoms with van der Waals surface area (Å²) in [6.45, 7) is 1.66. The molecule has 0 heterocycles. The molecular weight excluding hydrogens is 256 g/mol. The molecule has 2 nitrogen and oxygen atoms in total. The predicted molar refractivity (Wildman–Crippen MR) is 65.0 cm³/mol. The number of halogens is 3. The van der Waals surface area contributed by atoms with Crippen LogP contribution in [0.1, 0.15) is 6.92 Å². The van der Waals surface area contributed by atoms with Crippen LogP contribution in [0.4, 0.5) is 5.69 Å². The maximum atomic E-state index is 11.5. The number of hydrogen-bond acceptors (Lipinski definition) is 1. The van der Waals surface area contributed by atoms with Gasteiger partial charge in [0.15, 0.2) is 0 Å². The van der Waals surface area contributed by atoms with Gasteiger partial charge in [-0.3, -0.25) is 4.79 Å². The number of hydrogen-bond donors (Lipinski definition) is 1. The van der Waals surface area contributed by atoms with Crippen molar-refractivity contribution in [1.82, 2.24) is 0 Å². The second-order valence-electron chi connectivity index (χ2n) is 3.08. The summed E-state index contributed by atoms with van der Waals surface area (Å²) in [5.74, 6) is -0.332. The molecule has 0 aliphatic rings. The molecule has 5 heteroatoms. The van der Waals surface area contributed by atoms with Crippen LogP contribution in [0.25, 0.3) is 0 Å². The van der Waals surface area contributed by atoms with Gasteiger partial charge in [-0.05, 0) is 25.1 Å². The third-order valence-electron chi connectivity index (χ3n) is 1.75. The number of amides is 1. The maximum Gasteiger partial charge on any atom is 0.243 e. The zero-order chi connectivity index (χ0) is 11.4. The second kappa shape index (κ2) is 5.59. The summed E-state index contributed by atoms with van der Waals surface area (Å²) in [6, 6.07) is 6.83. The number of nitrogens with one attached hydrogen (secondary N) is 1. The Morgan fingerprint density at radius 3 is 2.60 bits per heavy atom. The van der Waals surface area contributed by atoms with Gasteiger partial charge in [0.2, 0.25) is 5.91 Å². The number of carbonyl (C=O) groups is 1. The largest absolute Gasteiger partial charge is 0.325 e. The van der Waals surface area contributed by atoms with Crippen molar-refractivity contribution in [1.29, 1.82) is 0 Å². The minimum Gasteiger partial charge on any atom is -0.325 e. The third-order valence-corrected chi connectivity index (χ3v) is 2.94. The Morgan fingerprint density at radius 2 is 2.07 bits per heavy atom. The van der Waals surface area contributed by atoms with Crippen LogP contribution in [0.3, 0.4) is 0 Å². The zero-order valence-corrected chi connectivity index (χ0v) is 10.3. The van der Waals surface area contributed by atoms with Gasteiger partial charge in [-0.1, -0.05) is 17.7 Å². The number of rotatable bonds is 3. The molecule has 1 aromatic rings. The highest BCUT2D eigenvalue weighted by atomic mass is 35.5. The highest BCUT2D eigenvalue weighted by Gasteiger charge is 2.20. The summed E-state index contributed by atoms with van der Waals surface area (Å²) >= 11 is 17.2. The van der Waals surface area contributed by atoms with Crippen LogP contribution in [0, 0.1) is 0 Å². The number of anilines is 1. The Hall–Kier alpha value is -0.440. The number of carbonyl (C=O) groups excluding carboxylic acids is 1. The lowest BCUT2D eigenvalue weighted by Gasteiger charge is -2.12. The monoisotopic (exact) mass is 265 g/mol. The van der Waals surface area contributed by atoms with Crippen LogP contribution in [-0.2, 0) is 4.79 Å². The van der Waals surface area contributed by atoms with E-state index in [1.165, 1.54) is 0 Å². The molecule has 2 atom stereocenters. The van der Waals surface area contributed by atoms with Gasteiger partial charge in [0.25, 0.3) is 0 Å². The molecule has 0 aliphatic heterocycles. The maximum absolute atomic E-state index is 11.5. The zero-order valence-electron chi connectivity index (χ0n) is 8.01. The standard InChI is InChI=1S/C10H10Cl3NO/c1-6(11)9(13)10(15)14-8-4-2-3-7(12)5-8/h2-6,9H,1H3,(H,14,15)/t6-,9-/m1/s1. The molecule has 0 spiro atoms. The molecule has 1 amide bonds. The van der Waals surface area contributed by atoms with E-state index in [0.717, 1.165) is 0 Å². The molecule has 0 fully saturated rings. The van der Waals surface area contributed by atoms with Crippen molar-refractivity contribution in [3.8, 4) is 0 Å². The van der Waals surface area contributed by atoms with Crippen LogP contribution >= 0.6 is 34.8 Å². The minimum absolute atomic E-state index is 0.332. The van der Waals surface area contributed by atoms with E-state index in [1.54, 1.807) is 31.2 Å². The van der Waals surface area contributed by atoms with Gasteiger partial charge in [-0.2, -0.15) is 0 Å². The van der Waals surface area contributed by atoms with Crippen LogP contribution in [0.2, 0.25) is 5.02 Å². The quantitative estimate of drug-likeness (QED) is 0.834. The first-order valence-electron chi connectivity index (χ1n) is 4.35. The molecule has 0 radical (unpaired) electrons. The molecule has 1 aromatic carbocycles. The van der Waals surface area contributed by atoms with Gasteiger partial charge in [-0.25, -0.2) is 0 Å². The topological polar surface area (TPSA) is 29.1 Å². The first-order chi connectivity index (χ1) is 7.00. The molecule has 15 heavy (non-hydrogen) atoms. The Labute approximate surface area is 104 Å². The van der Waals surface area contributed by atoms with Crippen molar-refractivity contribution in [3.63, 3.8) is 0 Å². The van der Waals surface area contributed by atoms with Crippen LogP contribution in [-0.4, -0.2) is 16.7 Å². The summed E-state index contributed by atoms with van der Waals surface area (Å²) in [5.41, 5.74) is 0.607. The van der Waals surface area contributed by atoms with Crippen molar-refractivity contribution < 1.29 is 4.79 Å². The molecule has 0 saturated carbocycles. The molecule has 0 saturated heterocycles. The first kappa shape index (κ1) is 12.6. The Bertz CT molecular complexity index is 354.